The van der Waals surface area contributed by atoms with Crippen LogP contribution in [0.4, 0.5) is 0 Å². The Bertz CT molecular complexity index is 898. The molecule has 0 aliphatic heterocycles. The van der Waals surface area contributed by atoms with Crippen molar-refractivity contribution < 1.29 is 33.4 Å². The van der Waals surface area contributed by atoms with Crippen molar-refractivity contribution in [1.29, 1.82) is 0 Å². The van der Waals surface area contributed by atoms with Crippen LogP contribution in [-0.4, -0.2) is 43.0 Å². The minimum absolute atomic E-state index is 0.0221. The molecule has 0 aromatic carbocycles. The van der Waals surface area contributed by atoms with Gasteiger partial charge in [0.2, 0.25) is 0 Å². The van der Waals surface area contributed by atoms with Crippen molar-refractivity contribution in [3.05, 3.63) is 0 Å². The van der Waals surface area contributed by atoms with Crippen molar-refractivity contribution in [2.75, 3.05) is 7.11 Å². The average Bonchev–Trinajstić information content (AvgIpc) is 3.16. The number of carbonyl (C=O) groups is 4. The van der Waals surface area contributed by atoms with Gasteiger partial charge in [-0.3, -0.25) is 19.2 Å². The van der Waals surface area contributed by atoms with Crippen LogP contribution in [0.1, 0.15) is 92.4 Å². The first-order valence-electron chi connectivity index (χ1n) is 13.9. The lowest BCUT2D eigenvalue weighted by Crippen LogP contribution is -2.62. The molecule has 7 nitrogen and oxygen atoms in total. The molecule has 10 atom stereocenters. The maximum absolute atomic E-state index is 13.8. The molecule has 7 heteroatoms. The van der Waals surface area contributed by atoms with Crippen LogP contribution < -0.4 is 0 Å². The van der Waals surface area contributed by atoms with E-state index in [0.29, 0.717) is 25.0 Å². The molecule has 4 saturated carbocycles. The summed E-state index contributed by atoms with van der Waals surface area (Å²) in [6.45, 7) is 9.69. The van der Waals surface area contributed by atoms with Crippen molar-refractivity contribution in [2.24, 2.45) is 46.3 Å². The average molecular weight is 505 g/mol. The first-order valence-corrected chi connectivity index (χ1v) is 13.9. The Labute approximate surface area is 215 Å². The number of carbonyl (C=O) groups excluding carboxylic acids is 4. The Morgan fingerprint density at radius 2 is 1.69 bits per heavy atom. The van der Waals surface area contributed by atoms with Crippen LogP contribution in [0.5, 0.6) is 0 Å². The summed E-state index contributed by atoms with van der Waals surface area (Å²) >= 11 is 0. The maximum atomic E-state index is 13.8. The Kier molecular flexibility index (Phi) is 7.60. The summed E-state index contributed by atoms with van der Waals surface area (Å²) in [5.41, 5.74) is -0.334. The molecule has 0 radical (unpaired) electrons. The molecule has 4 aliphatic rings. The summed E-state index contributed by atoms with van der Waals surface area (Å²) in [6.07, 6.45) is 6.38. The summed E-state index contributed by atoms with van der Waals surface area (Å²) in [7, 11) is 1.42. The van der Waals surface area contributed by atoms with Gasteiger partial charge in [-0.2, -0.15) is 0 Å². The summed E-state index contributed by atoms with van der Waals surface area (Å²) in [4.78, 5) is 49.5. The highest BCUT2D eigenvalue weighted by Crippen LogP contribution is 2.68. The van der Waals surface area contributed by atoms with E-state index in [-0.39, 0.29) is 76.5 Å². The quantitative estimate of drug-likeness (QED) is 0.375. The largest absolute Gasteiger partial charge is 0.469 e. The van der Waals surface area contributed by atoms with Crippen LogP contribution in [0.15, 0.2) is 0 Å². The molecular weight excluding hydrogens is 460 g/mol. The van der Waals surface area contributed by atoms with E-state index in [4.69, 9.17) is 14.2 Å². The van der Waals surface area contributed by atoms with Crippen molar-refractivity contribution in [3.8, 4) is 0 Å². The monoisotopic (exact) mass is 504 g/mol. The molecule has 0 unspecified atom stereocenters. The van der Waals surface area contributed by atoms with E-state index in [1.165, 1.54) is 21.0 Å². The van der Waals surface area contributed by atoms with Crippen molar-refractivity contribution in [2.45, 2.75) is 105 Å². The van der Waals surface area contributed by atoms with Crippen LogP contribution >= 0.6 is 0 Å². The van der Waals surface area contributed by atoms with Gasteiger partial charge in [-0.1, -0.05) is 20.8 Å². The summed E-state index contributed by atoms with van der Waals surface area (Å²) in [6, 6.07) is 0. The third-order valence-electron chi connectivity index (χ3n) is 10.9. The minimum Gasteiger partial charge on any atom is -0.469 e. The number of methoxy groups -OCH3 is 1. The number of ether oxygens (including phenoxy) is 3. The molecule has 4 rings (SSSR count). The zero-order valence-electron chi connectivity index (χ0n) is 22.8. The minimum atomic E-state index is -0.295. The number of Topliss-reactive ketones (excluding diaryl/α,β-unsaturated/α-hetero) is 1. The predicted octanol–water partition coefficient (Wildman–Crippen LogP) is 4.89. The zero-order valence-corrected chi connectivity index (χ0v) is 22.8. The first-order chi connectivity index (χ1) is 16.9. The number of hydrogen-bond donors (Lipinski definition) is 0. The van der Waals surface area contributed by atoms with E-state index in [9.17, 15) is 19.2 Å². The number of esters is 3. The fourth-order valence-electron chi connectivity index (χ4n) is 9.17. The summed E-state index contributed by atoms with van der Waals surface area (Å²) in [5, 5.41) is 0. The lowest BCUT2D eigenvalue weighted by molar-refractivity contribution is -0.197. The van der Waals surface area contributed by atoms with Crippen LogP contribution in [0.3, 0.4) is 0 Å². The lowest BCUT2D eigenvalue weighted by atomic mass is 9.43. The Morgan fingerprint density at radius 1 is 1.00 bits per heavy atom. The highest BCUT2D eigenvalue weighted by Gasteiger charge is 2.67. The van der Waals surface area contributed by atoms with Gasteiger partial charge in [-0.05, 0) is 80.0 Å². The number of hydrogen-bond acceptors (Lipinski definition) is 7. The standard InChI is InChI=1S/C29H44O7/c1-16(7-10-26(33)34-6)21-8-9-22-27-23(15-25(29(21,22)5)36-18(3)31)28(4)12-11-20(35-17(2)30)13-19(28)14-24(27)32/h16,19-23,25,27H,7-15H2,1-6H3/t16-,19+,20-,21+,22-,23-,25+,27+,28+,29-/m1/s1. The number of ketones is 1. The van der Waals surface area contributed by atoms with E-state index < -0.39 is 0 Å². The Balaban J connectivity index is 1.63. The lowest BCUT2D eigenvalue weighted by Gasteiger charge is -2.62. The van der Waals surface area contributed by atoms with Gasteiger partial charge >= 0.3 is 17.9 Å². The Hall–Kier alpha value is -1.92. The first kappa shape index (κ1) is 27.1. The predicted molar refractivity (Wildman–Crippen MR) is 133 cm³/mol. The highest BCUT2D eigenvalue weighted by atomic mass is 16.5. The number of rotatable bonds is 6. The molecule has 0 heterocycles. The van der Waals surface area contributed by atoms with Gasteiger partial charge in [-0.15, -0.1) is 0 Å². The van der Waals surface area contributed by atoms with Gasteiger partial charge in [0.15, 0.2) is 0 Å². The Morgan fingerprint density at radius 3 is 2.33 bits per heavy atom. The van der Waals surface area contributed by atoms with Gasteiger partial charge < -0.3 is 14.2 Å². The summed E-state index contributed by atoms with van der Waals surface area (Å²) in [5.74, 6) is 0.633. The van der Waals surface area contributed by atoms with E-state index in [2.05, 4.69) is 20.8 Å². The van der Waals surface area contributed by atoms with Crippen molar-refractivity contribution in [3.63, 3.8) is 0 Å². The van der Waals surface area contributed by atoms with E-state index in [1.807, 2.05) is 0 Å². The third-order valence-corrected chi connectivity index (χ3v) is 10.9. The molecule has 36 heavy (non-hydrogen) atoms. The van der Waals surface area contributed by atoms with Gasteiger partial charge in [-0.25, -0.2) is 0 Å². The van der Waals surface area contributed by atoms with E-state index in [0.717, 1.165) is 38.5 Å². The molecule has 0 spiro atoms. The zero-order chi connectivity index (χ0) is 26.4. The maximum Gasteiger partial charge on any atom is 0.305 e. The SMILES string of the molecule is COC(=O)CC[C@@H](C)[C@@H]1CC[C@@H]2[C@@H]3C(=O)C[C@@H]4C[C@H](OC(C)=O)CC[C@]4(C)[C@@H]3C[C@H](OC(C)=O)[C@@]21C. The molecule has 0 bridgehead atoms. The molecule has 4 fully saturated rings. The second-order valence-corrected chi connectivity index (χ2v) is 12.6. The molecule has 0 N–H and O–H groups in total. The van der Waals surface area contributed by atoms with Crippen LogP contribution in [-0.2, 0) is 33.4 Å². The number of fused-ring (bicyclic) bond motifs is 5. The normalized spacial score (nSPS) is 42.4. The van der Waals surface area contributed by atoms with Crippen LogP contribution in [0, 0.1) is 46.3 Å². The van der Waals surface area contributed by atoms with Crippen LogP contribution in [0.2, 0.25) is 0 Å². The second-order valence-electron chi connectivity index (χ2n) is 12.6. The van der Waals surface area contributed by atoms with Gasteiger partial charge in [0.05, 0.1) is 7.11 Å². The smallest absolute Gasteiger partial charge is 0.305 e. The van der Waals surface area contributed by atoms with Crippen molar-refractivity contribution >= 4 is 23.7 Å². The fourth-order valence-corrected chi connectivity index (χ4v) is 9.17. The molecule has 0 aromatic rings. The van der Waals surface area contributed by atoms with E-state index in [1.54, 1.807) is 0 Å². The highest BCUT2D eigenvalue weighted by molar-refractivity contribution is 5.83. The van der Waals surface area contributed by atoms with Gasteiger partial charge in [0.1, 0.15) is 18.0 Å². The molecular formula is C29H44O7. The molecule has 202 valence electrons. The van der Waals surface area contributed by atoms with Crippen molar-refractivity contribution in [1.82, 2.24) is 0 Å². The van der Waals surface area contributed by atoms with E-state index >= 15 is 0 Å². The molecule has 0 saturated heterocycles. The molecule has 0 amide bonds. The summed E-state index contributed by atoms with van der Waals surface area (Å²) < 4.78 is 16.5. The van der Waals surface area contributed by atoms with Gasteiger partial charge in [0.25, 0.3) is 0 Å². The molecule has 0 aromatic heterocycles. The van der Waals surface area contributed by atoms with Gasteiger partial charge in [0, 0.05) is 38.0 Å². The fraction of sp³-hybridized carbons (Fsp3) is 0.862. The molecule has 4 aliphatic carbocycles. The topological polar surface area (TPSA) is 96.0 Å². The van der Waals surface area contributed by atoms with Crippen LogP contribution in [0.25, 0.3) is 0 Å². The second kappa shape index (κ2) is 10.1. The third kappa shape index (κ3) is 4.60.